The van der Waals surface area contributed by atoms with E-state index in [4.69, 9.17) is 0 Å². The smallest absolute Gasteiger partial charge is 0.387 e. The van der Waals surface area contributed by atoms with Gasteiger partial charge in [0.05, 0.1) is 7.05 Å². The Kier molecular flexibility index (Phi) is 7.73. The average Bonchev–Trinajstić information content (AvgIpc) is 2.58. The number of likely N-dealkylation sites (N-methyl/N-ethyl adjacent to an activating group) is 1. The monoisotopic (exact) mass is 377 g/mol. The molecule has 2 aromatic carbocycles. The van der Waals surface area contributed by atoms with Crippen LogP contribution in [-0.4, -0.2) is 32.7 Å². The molecule has 1 amide bonds. The van der Waals surface area contributed by atoms with Gasteiger partial charge < -0.3 is 15.0 Å². The Morgan fingerprint density at radius 2 is 1.85 bits per heavy atom. The lowest BCUT2D eigenvalue weighted by Crippen LogP contribution is -3.09. The summed E-state index contributed by atoms with van der Waals surface area (Å²) in [5, 5.41) is 2.91. The first-order chi connectivity index (χ1) is 12.8. The first-order valence-corrected chi connectivity index (χ1v) is 9.01. The molecule has 146 valence electrons. The molecule has 0 aromatic heterocycles. The molecule has 4 nitrogen and oxygen atoms in total. The maximum atomic E-state index is 12.1. The van der Waals surface area contributed by atoms with E-state index in [1.54, 1.807) is 12.1 Å². The Balaban J connectivity index is 1.72. The molecule has 0 heterocycles. The number of hydrogen-bond acceptors (Lipinski definition) is 2. The van der Waals surface area contributed by atoms with Gasteiger partial charge in [-0.2, -0.15) is 8.78 Å². The van der Waals surface area contributed by atoms with Crippen LogP contribution in [0.25, 0.3) is 0 Å². The van der Waals surface area contributed by atoms with Gasteiger partial charge in [0.2, 0.25) is 0 Å². The summed E-state index contributed by atoms with van der Waals surface area (Å²) < 4.78 is 28.6. The molecule has 1 unspecified atom stereocenters. The molecule has 2 rings (SSSR count). The molecule has 0 saturated heterocycles. The van der Waals surface area contributed by atoms with E-state index in [0.717, 1.165) is 17.0 Å². The molecule has 1 atom stereocenters. The molecule has 0 aliphatic rings. The normalized spacial score (nSPS) is 12.1. The van der Waals surface area contributed by atoms with E-state index in [9.17, 15) is 13.6 Å². The van der Waals surface area contributed by atoms with Crippen molar-refractivity contribution in [3.05, 3.63) is 64.7 Å². The Hall–Kier alpha value is -2.47. The highest BCUT2D eigenvalue weighted by Gasteiger charge is 2.11. The quantitative estimate of drug-likeness (QED) is 0.704. The average molecular weight is 377 g/mol. The summed E-state index contributed by atoms with van der Waals surface area (Å²) in [4.78, 5) is 13.2. The highest BCUT2D eigenvalue weighted by molar-refractivity contribution is 5.76. The predicted molar refractivity (Wildman–Crippen MR) is 101 cm³/mol. The standard InChI is InChI=1S/C21H26F2N2O2/c1-15-4-7-18(16(2)12-15)13-25(3)14-20(26)24-11-10-17-5-8-19(9-6-17)27-21(22)23/h4-9,12,21H,10-11,13-14H2,1-3H3,(H,24,26)/p+1. The van der Waals surface area contributed by atoms with Crippen LogP contribution in [0.4, 0.5) is 8.78 Å². The minimum absolute atomic E-state index is 0.00471. The molecule has 0 saturated carbocycles. The van der Waals surface area contributed by atoms with Crippen molar-refractivity contribution in [2.75, 3.05) is 20.1 Å². The van der Waals surface area contributed by atoms with Crippen molar-refractivity contribution in [1.82, 2.24) is 5.32 Å². The molecule has 27 heavy (non-hydrogen) atoms. The lowest BCUT2D eigenvalue weighted by molar-refractivity contribution is -0.885. The molecule has 2 N–H and O–H groups in total. The Morgan fingerprint density at radius 3 is 2.48 bits per heavy atom. The van der Waals surface area contributed by atoms with E-state index in [0.29, 0.717) is 19.5 Å². The van der Waals surface area contributed by atoms with Crippen LogP contribution in [0.15, 0.2) is 42.5 Å². The molecule has 0 radical (unpaired) electrons. The van der Waals surface area contributed by atoms with Gasteiger partial charge in [-0.3, -0.25) is 4.79 Å². The number of ether oxygens (including phenoxy) is 1. The van der Waals surface area contributed by atoms with E-state index < -0.39 is 6.61 Å². The van der Waals surface area contributed by atoms with Gasteiger partial charge in [0.15, 0.2) is 6.54 Å². The van der Waals surface area contributed by atoms with Crippen LogP contribution >= 0.6 is 0 Å². The lowest BCUT2D eigenvalue weighted by atomic mass is 10.1. The Bertz CT molecular complexity index is 748. The fraction of sp³-hybridized carbons (Fsp3) is 0.381. The second-order valence-electron chi connectivity index (χ2n) is 6.86. The molecule has 0 spiro atoms. The number of quaternary nitrogens is 1. The number of carbonyl (C=O) groups is 1. The van der Waals surface area contributed by atoms with Crippen molar-refractivity contribution in [2.45, 2.75) is 33.4 Å². The number of halogens is 2. The van der Waals surface area contributed by atoms with Gasteiger partial charge in [0.25, 0.3) is 5.91 Å². The van der Waals surface area contributed by atoms with E-state index in [1.165, 1.54) is 28.8 Å². The van der Waals surface area contributed by atoms with Gasteiger partial charge in [-0.15, -0.1) is 0 Å². The van der Waals surface area contributed by atoms with E-state index in [1.807, 2.05) is 7.05 Å². The molecule has 0 bridgehead atoms. The third-order valence-corrected chi connectivity index (χ3v) is 4.34. The van der Waals surface area contributed by atoms with Crippen molar-refractivity contribution in [1.29, 1.82) is 0 Å². The fourth-order valence-electron chi connectivity index (χ4n) is 2.95. The molecular formula is C21H27F2N2O2+. The van der Waals surface area contributed by atoms with Crippen LogP contribution < -0.4 is 15.0 Å². The van der Waals surface area contributed by atoms with Gasteiger partial charge >= 0.3 is 6.61 Å². The second kappa shape index (κ2) is 10.0. The molecular weight excluding hydrogens is 350 g/mol. The summed E-state index contributed by atoms with van der Waals surface area (Å²) in [6, 6.07) is 12.8. The Morgan fingerprint density at radius 1 is 1.15 bits per heavy atom. The zero-order chi connectivity index (χ0) is 19.8. The van der Waals surface area contributed by atoms with Gasteiger partial charge in [-0.05, 0) is 43.5 Å². The highest BCUT2D eigenvalue weighted by atomic mass is 19.3. The first-order valence-electron chi connectivity index (χ1n) is 9.01. The number of carbonyl (C=O) groups excluding carboxylic acids is 1. The van der Waals surface area contributed by atoms with Crippen LogP contribution in [0, 0.1) is 13.8 Å². The van der Waals surface area contributed by atoms with Crippen LogP contribution in [-0.2, 0) is 17.8 Å². The van der Waals surface area contributed by atoms with Crippen molar-refractivity contribution >= 4 is 5.91 Å². The SMILES string of the molecule is Cc1ccc(C[NH+](C)CC(=O)NCCc2ccc(OC(F)F)cc2)c(C)c1. The summed E-state index contributed by atoms with van der Waals surface area (Å²) >= 11 is 0. The minimum Gasteiger partial charge on any atom is -0.435 e. The molecule has 0 aliphatic carbocycles. The highest BCUT2D eigenvalue weighted by Crippen LogP contribution is 2.15. The number of benzene rings is 2. The number of aryl methyl sites for hydroxylation is 2. The molecule has 6 heteroatoms. The van der Waals surface area contributed by atoms with Gasteiger partial charge in [0.1, 0.15) is 12.3 Å². The Labute approximate surface area is 159 Å². The summed E-state index contributed by atoms with van der Waals surface area (Å²) in [5.41, 5.74) is 4.68. The number of alkyl halides is 2. The summed E-state index contributed by atoms with van der Waals surface area (Å²) in [6.07, 6.45) is 0.636. The van der Waals surface area contributed by atoms with Crippen LogP contribution in [0.3, 0.4) is 0 Å². The van der Waals surface area contributed by atoms with E-state index >= 15 is 0 Å². The third-order valence-electron chi connectivity index (χ3n) is 4.34. The molecule has 0 fully saturated rings. The predicted octanol–water partition coefficient (Wildman–Crippen LogP) is 2.28. The van der Waals surface area contributed by atoms with Crippen molar-refractivity contribution in [2.24, 2.45) is 0 Å². The number of amides is 1. The fourth-order valence-corrected chi connectivity index (χ4v) is 2.95. The van der Waals surface area contributed by atoms with Gasteiger partial charge in [-0.25, -0.2) is 0 Å². The zero-order valence-electron chi connectivity index (χ0n) is 16.0. The van der Waals surface area contributed by atoms with E-state index in [-0.39, 0.29) is 11.7 Å². The lowest BCUT2D eigenvalue weighted by Gasteiger charge is -2.15. The summed E-state index contributed by atoms with van der Waals surface area (Å²) in [5.74, 6) is 0.129. The minimum atomic E-state index is -2.82. The number of hydrogen-bond donors (Lipinski definition) is 2. The van der Waals surface area contributed by atoms with E-state index in [2.05, 4.69) is 42.1 Å². The molecule has 0 aliphatic heterocycles. The topological polar surface area (TPSA) is 42.8 Å². The maximum Gasteiger partial charge on any atom is 0.387 e. The molecule has 2 aromatic rings. The van der Waals surface area contributed by atoms with Crippen molar-refractivity contribution in [3.63, 3.8) is 0 Å². The largest absolute Gasteiger partial charge is 0.435 e. The number of nitrogens with one attached hydrogen (secondary N) is 2. The summed E-state index contributed by atoms with van der Waals surface area (Å²) in [7, 11) is 2.00. The van der Waals surface area contributed by atoms with Gasteiger partial charge in [0, 0.05) is 12.1 Å². The van der Waals surface area contributed by atoms with Crippen molar-refractivity contribution in [3.8, 4) is 5.75 Å². The zero-order valence-corrected chi connectivity index (χ0v) is 16.0. The van der Waals surface area contributed by atoms with Gasteiger partial charge in [-0.1, -0.05) is 35.9 Å². The van der Waals surface area contributed by atoms with Crippen LogP contribution in [0.1, 0.15) is 22.3 Å². The van der Waals surface area contributed by atoms with Crippen molar-refractivity contribution < 1.29 is 23.2 Å². The third kappa shape index (κ3) is 7.35. The van der Waals surface area contributed by atoms with Crippen LogP contribution in [0.2, 0.25) is 0 Å². The number of rotatable bonds is 9. The first kappa shape index (κ1) is 20.8. The second-order valence-corrected chi connectivity index (χ2v) is 6.86. The van der Waals surface area contributed by atoms with Crippen LogP contribution in [0.5, 0.6) is 5.75 Å². The summed E-state index contributed by atoms with van der Waals surface area (Å²) in [6.45, 7) is 3.04. The maximum absolute atomic E-state index is 12.1.